The first kappa shape index (κ1) is 21.9. The van der Waals surface area contributed by atoms with Crippen LogP contribution in [-0.4, -0.2) is 50.7 Å². The lowest BCUT2D eigenvalue weighted by molar-refractivity contribution is -0.247. The van der Waals surface area contributed by atoms with Gasteiger partial charge in [-0.2, -0.15) is 13.2 Å². The summed E-state index contributed by atoms with van der Waals surface area (Å²) in [6.07, 6.45) is 0.880. The molecule has 1 amide bonds. The van der Waals surface area contributed by atoms with Crippen LogP contribution in [0.3, 0.4) is 0 Å². The topological polar surface area (TPSA) is 59.0 Å². The van der Waals surface area contributed by atoms with Gasteiger partial charge in [0.05, 0.1) is 11.3 Å². The quantitative estimate of drug-likeness (QED) is 0.533. The highest BCUT2D eigenvalue weighted by Gasteiger charge is 2.63. The van der Waals surface area contributed by atoms with Crippen molar-refractivity contribution in [2.45, 2.75) is 38.5 Å². The minimum atomic E-state index is -4.75. The molecule has 0 aromatic carbocycles. The summed E-state index contributed by atoms with van der Waals surface area (Å²) in [5, 5.41) is 0. The summed E-state index contributed by atoms with van der Waals surface area (Å²) in [6.45, 7) is 2.05. The molecule has 9 heteroatoms. The van der Waals surface area contributed by atoms with Crippen molar-refractivity contribution in [2.75, 3.05) is 13.1 Å². The molecule has 1 atom stereocenters. The molecule has 2 aromatic rings. The van der Waals surface area contributed by atoms with Gasteiger partial charge in [0.25, 0.3) is 5.91 Å². The largest absolute Gasteiger partial charge is 0.400 e. The van der Waals surface area contributed by atoms with E-state index in [0.717, 1.165) is 13.0 Å². The highest BCUT2D eigenvalue weighted by atomic mass is 19.4. The van der Waals surface area contributed by atoms with Crippen LogP contribution in [0.4, 0.5) is 17.6 Å². The molecular weight excluding hydrogens is 400 g/mol. The molecule has 0 bridgehead atoms. The number of halogens is 4. The molecule has 1 fully saturated rings. The monoisotopic (exact) mass is 422 g/mol. The molecule has 1 saturated heterocycles. The van der Waals surface area contributed by atoms with Crippen molar-refractivity contribution in [1.82, 2.24) is 19.9 Å². The normalized spacial score (nSPS) is 18.9. The minimum absolute atomic E-state index is 0.128. The van der Waals surface area contributed by atoms with E-state index in [1.54, 1.807) is 18.2 Å². The summed E-state index contributed by atoms with van der Waals surface area (Å²) >= 11 is 0. The van der Waals surface area contributed by atoms with E-state index in [4.69, 9.17) is 0 Å². The smallest absolute Gasteiger partial charge is 0.338 e. The number of rotatable bonds is 4. The SMILES string of the molecule is C/C=C\C(C)(C(F)(F)F)C1(F)CCN(C(=O)c2cccnc2-c2ccncn2)CC1. The van der Waals surface area contributed by atoms with Gasteiger partial charge in [0.15, 0.2) is 0 Å². The fourth-order valence-corrected chi connectivity index (χ4v) is 3.80. The lowest BCUT2D eigenvalue weighted by atomic mass is 9.68. The fraction of sp³-hybridized carbons (Fsp3) is 0.429. The Labute approximate surface area is 171 Å². The standard InChI is InChI=1S/C21H22F4N4O/c1-3-7-19(2,21(23,24)25)20(22)8-12-29(13-9-20)18(30)15-5-4-10-27-17(15)16-6-11-26-14-28-16/h3-7,10-11,14H,8-9,12-13H2,1-2H3/b7-3-. The summed E-state index contributed by atoms with van der Waals surface area (Å²) in [7, 11) is 0. The zero-order valence-corrected chi connectivity index (χ0v) is 16.7. The summed E-state index contributed by atoms with van der Waals surface area (Å²) < 4.78 is 56.6. The molecule has 1 unspecified atom stereocenters. The van der Waals surface area contributed by atoms with E-state index in [0.29, 0.717) is 11.4 Å². The average Bonchev–Trinajstić information content (AvgIpc) is 2.74. The van der Waals surface area contributed by atoms with Crippen molar-refractivity contribution in [1.29, 1.82) is 0 Å². The third-order valence-corrected chi connectivity index (χ3v) is 5.73. The van der Waals surface area contributed by atoms with E-state index in [1.165, 1.54) is 36.6 Å². The summed E-state index contributed by atoms with van der Waals surface area (Å²) in [5.41, 5.74) is -4.07. The van der Waals surface area contributed by atoms with Crippen LogP contribution < -0.4 is 0 Å². The number of hydrogen-bond donors (Lipinski definition) is 0. The average molecular weight is 422 g/mol. The van der Waals surface area contributed by atoms with Gasteiger partial charge in [0, 0.05) is 38.3 Å². The second-order valence-corrected chi connectivity index (χ2v) is 7.45. The van der Waals surface area contributed by atoms with Crippen LogP contribution in [0.5, 0.6) is 0 Å². The van der Waals surface area contributed by atoms with E-state index in [-0.39, 0.29) is 18.7 Å². The Morgan fingerprint density at radius 1 is 1.17 bits per heavy atom. The number of piperidine rings is 1. The Morgan fingerprint density at radius 2 is 1.87 bits per heavy atom. The van der Waals surface area contributed by atoms with Crippen LogP contribution in [-0.2, 0) is 0 Å². The lowest BCUT2D eigenvalue weighted by Crippen LogP contribution is -2.57. The first-order valence-corrected chi connectivity index (χ1v) is 9.53. The molecule has 3 heterocycles. The van der Waals surface area contributed by atoms with Crippen LogP contribution in [0.1, 0.15) is 37.0 Å². The maximum absolute atomic E-state index is 15.5. The van der Waals surface area contributed by atoms with Gasteiger partial charge in [-0.1, -0.05) is 12.2 Å². The second-order valence-electron chi connectivity index (χ2n) is 7.45. The molecule has 0 aliphatic carbocycles. The molecule has 3 rings (SSSR count). The van der Waals surface area contributed by atoms with Gasteiger partial charge in [-0.25, -0.2) is 14.4 Å². The zero-order chi connectivity index (χ0) is 22.0. The van der Waals surface area contributed by atoms with Gasteiger partial charge in [-0.05, 0) is 32.0 Å². The number of allylic oxidation sites excluding steroid dienone is 2. The fourth-order valence-electron chi connectivity index (χ4n) is 3.80. The molecule has 5 nitrogen and oxygen atoms in total. The van der Waals surface area contributed by atoms with E-state index in [2.05, 4.69) is 15.0 Å². The van der Waals surface area contributed by atoms with E-state index < -0.39 is 36.0 Å². The van der Waals surface area contributed by atoms with Crippen molar-refractivity contribution in [3.63, 3.8) is 0 Å². The predicted octanol–water partition coefficient (Wildman–Crippen LogP) is 4.63. The molecule has 30 heavy (non-hydrogen) atoms. The lowest BCUT2D eigenvalue weighted by Gasteiger charge is -2.46. The van der Waals surface area contributed by atoms with Gasteiger partial charge in [0.2, 0.25) is 0 Å². The number of hydrogen-bond acceptors (Lipinski definition) is 4. The van der Waals surface area contributed by atoms with E-state index >= 15 is 4.39 Å². The molecule has 0 spiro atoms. The number of likely N-dealkylation sites (tertiary alicyclic amines) is 1. The number of nitrogens with zero attached hydrogens (tertiary/aromatic N) is 4. The Bertz CT molecular complexity index is 924. The Balaban J connectivity index is 1.83. The van der Waals surface area contributed by atoms with Gasteiger partial charge in [-0.15, -0.1) is 0 Å². The van der Waals surface area contributed by atoms with Crippen molar-refractivity contribution >= 4 is 5.91 Å². The number of amides is 1. The van der Waals surface area contributed by atoms with Crippen molar-refractivity contribution in [2.24, 2.45) is 5.41 Å². The first-order valence-electron chi connectivity index (χ1n) is 9.53. The van der Waals surface area contributed by atoms with Gasteiger partial charge >= 0.3 is 6.18 Å². The van der Waals surface area contributed by atoms with Crippen LogP contribution in [0, 0.1) is 5.41 Å². The Kier molecular flexibility index (Phi) is 5.92. The Morgan fingerprint density at radius 3 is 2.43 bits per heavy atom. The zero-order valence-electron chi connectivity index (χ0n) is 16.7. The summed E-state index contributed by atoms with van der Waals surface area (Å²) in [6, 6.07) is 4.77. The third kappa shape index (κ3) is 3.80. The Hall–Kier alpha value is -2.84. The summed E-state index contributed by atoms with van der Waals surface area (Å²) in [4.78, 5) is 26.6. The number of pyridine rings is 1. The number of carbonyl (C=O) groups excluding carboxylic acids is 1. The predicted molar refractivity (Wildman–Crippen MR) is 103 cm³/mol. The third-order valence-electron chi connectivity index (χ3n) is 5.73. The molecule has 1 aliphatic heterocycles. The van der Waals surface area contributed by atoms with E-state index in [9.17, 15) is 18.0 Å². The molecule has 2 aromatic heterocycles. The van der Waals surface area contributed by atoms with Crippen LogP contribution in [0.2, 0.25) is 0 Å². The number of aromatic nitrogens is 3. The van der Waals surface area contributed by atoms with Crippen LogP contribution >= 0.6 is 0 Å². The molecule has 0 N–H and O–H groups in total. The maximum Gasteiger partial charge on any atom is 0.400 e. The van der Waals surface area contributed by atoms with Crippen molar-refractivity contribution < 1.29 is 22.4 Å². The van der Waals surface area contributed by atoms with Crippen molar-refractivity contribution in [3.8, 4) is 11.4 Å². The van der Waals surface area contributed by atoms with Crippen LogP contribution in [0.15, 0.2) is 49.1 Å². The van der Waals surface area contributed by atoms with Gasteiger partial charge in [-0.3, -0.25) is 9.78 Å². The first-order chi connectivity index (χ1) is 14.1. The summed E-state index contributed by atoms with van der Waals surface area (Å²) in [5.74, 6) is -0.418. The molecule has 0 radical (unpaired) electrons. The second kappa shape index (κ2) is 8.12. The molecule has 0 saturated carbocycles. The molecule has 160 valence electrons. The maximum atomic E-state index is 15.5. The van der Waals surface area contributed by atoms with Crippen molar-refractivity contribution in [3.05, 3.63) is 54.6 Å². The number of carbonyl (C=O) groups is 1. The van der Waals surface area contributed by atoms with Gasteiger partial charge in [0.1, 0.15) is 23.1 Å². The number of alkyl halides is 4. The van der Waals surface area contributed by atoms with Crippen LogP contribution in [0.25, 0.3) is 11.4 Å². The molecule has 1 aliphatic rings. The highest BCUT2D eigenvalue weighted by Crippen LogP contribution is 2.53. The minimum Gasteiger partial charge on any atom is -0.338 e. The van der Waals surface area contributed by atoms with E-state index in [1.807, 2.05) is 0 Å². The highest BCUT2D eigenvalue weighted by molar-refractivity contribution is 5.99. The van der Waals surface area contributed by atoms with Gasteiger partial charge < -0.3 is 4.90 Å². The molecular formula is C21H22F4N4O.